The van der Waals surface area contributed by atoms with E-state index < -0.39 is 6.10 Å². The number of amides is 1. The molecule has 20 heavy (non-hydrogen) atoms. The van der Waals surface area contributed by atoms with Crippen LogP contribution in [-0.4, -0.2) is 27.2 Å². The molecule has 106 valence electrons. The van der Waals surface area contributed by atoms with Crippen molar-refractivity contribution in [2.75, 3.05) is 0 Å². The lowest BCUT2D eigenvalue weighted by molar-refractivity contribution is -0.128. The summed E-state index contributed by atoms with van der Waals surface area (Å²) in [7, 11) is 0. The van der Waals surface area contributed by atoms with Crippen LogP contribution in [0.15, 0.2) is 30.6 Å². The molecule has 0 aliphatic rings. The molecule has 1 amide bonds. The minimum Gasteiger partial charge on any atom is -0.481 e. The second-order valence-corrected chi connectivity index (χ2v) is 4.75. The minimum absolute atomic E-state index is 0.242. The molecule has 2 rings (SSSR count). The van der Waals surface area contributed by atoms with Gasteiger partial charge in [0.2, 0.25) is 0 Å². The fourth-order valence-corrected chi connectivity index (χ4v) is 1.80. The fourth-order valence-electron chi connectivity index (χ4n) is 1.62. The Hall–Kier alpha value is -2.08. The zero-order valence-corrected chi connectivity index (χ0v) is 11.9. The number of benzene rings is 1. The van der Waals surface area contributed by atoms with Crippen molar-refractivity contribution in [1.29, 1.82) is 0 Å². The highest BCUT2D eigenvalue weighted by Crippen LogP contribution is 2.18. The normalized spacial score (nSPS) is 13.6. The summed E-state index contributed by atoms with van der Waals surface area (Å²) < 4.78 is 5.53. The first kappa shape index (κ1) is 14.3. The van der Waals surface area contributed by atoms with Gasteiger partial charge in [-0.25, -0.2) is 4.98 Å². The predicted molar refractivity (Wildman–Crippen MR) is 74.5 cm³/mol. The summed E-state index contributed by atoms with van der Waals surface area (Å²) in [6.45, 7) is 3.48. The number of carbonyl (C=O) groups excluding carboxylic acids is 1. The van der Waals surface area contributed by atoms with Crippen LogP contribution in [0.25, 0.3) is 0 Å². The number of H-pyrrole nitrogens is 1. The van der Waals surface area contributed by atoms with Crippen molar-refractivity contribution in [2.45, 2.75) is 26.0 Å². The Morgan fingerprint density at radius 2 is 2.25 bits per heavy atom. The van der Waals surface area contributed by atoms with Gasteiger partial charge in [0.25, 0.3) is 5.91 Å². The van der Waals surface area contributed by atoms with Crippen molar-refractivity contribution < 1.29 is 9.53 Å². The van der Waals surface area contributed by atoms with Gasteiger partial charge in [0.1, 0.15) is 17.9 Å². The van der Waals surface area contributed by atoms with Gasteiger partial charge < -0.3 is 10.1 Å². The molecule has 1 aromatic heterocycles. The first-order valence-electron chi connectivity index (χ1n) is 6.14. The third kappa shape index (κ3) is 3.71. The Morgan fingerprint density at radius 3 is 2.90 bits per heavy atom. The number of aromatic nitrogens is 3. The average molecular weight is 295 g/mol. The molecule has 2 atom stereocenters. The predicted octanol–water partition coefficient (Wildman–Crippen LogP) is 2.10. The van der Waals surface area contributed by atoms with E-state index in [0.29, 0.717) is 16.6 Å². The highest BCUT2D eigenvalue weighted by atomic mass is 35.5. The quantitative estimate of drug-likeness (QED) is 0.885. The monoisotopic (exact) mass is 294 g/mol. The lowest BCUT2D eigenvalue weighted by Gasteiger charge is -2.17. The van der Waals surface area contributed by atoms with E-state index in [4.69, 9.17) is 16.3 Å². The maximum absolute atomic E-state index is 12.0. The van der Waals surface area contributed by atoms with Crippen molar-refractivity contribution in [3.8, 4) is 5.75 Å². The topological polar surface area (TPSA) is 79.9 Å². The van der Waals surface area contributed by atoms with Gasteiger partial charge in [-0.1, -0.05) is 17.7 Å². The summed E-state index contributed by atoms with van der Waals surface area (Å²) in [5, 5.41) is 9.79. The number of nitrogens with one attached hydrogen (secondary N) is 2. The van der Waals surface area contributed by atoms with Gasteiger partial charge in [0.05, 0.1) is 6.04 Å². The molecule has 1 aromatic carbocycles. The Bertz CT molecular complexity index is 574. The molecule has 0 aliphatic carbocycles. The van der Waals surface area contributed by atoms with E-state index >= 15 is 0 Å². The molecule has 6 nitrogen and oxygen atoms in total. The van der Waals surface area contributed by atoms with E-state index in [1.54, 1.807) is 31.2 Å². The number of halogens is 1. The van der Waals surface area contributed by atoms with Crippen LogP contribution in [-0.2, 0) is 4.79 Å². The number of aromatic amines is 1. The Morgan fingerprint density at radius 1 is 1.45 bits per heavy atom. The number of hydrogen-bond acceptors (Lipinski definition) is 4. The maximum Gasteiger partial charge on any atom is 0.261 e. The van der Waals surface area contributed by atoms with Gasteiger partial charge in [-0.3, -0.25) is 9.89 Å². The Labute approximate surface area is 121 Å². The Balaban J connectivity index is 1.92. The second kappa shape index (κ2) is 6.38. The van der Waals surface area contributed by atoms with Gasteiger partial charge >= 0.3 is 0 Å². The number of ether oxygens (including phenoxy) is 1. The second-order valence-electron chi connectivity index (χ2n) is 4.32. The van der Waals surface area contributed by atoms with E-state index in [9.17, 15) is 4.79 Å². The molecular weight excluding hydrogens is 280 g/mol. The number of carbonyl (C=O) groups is 1. The molecule has 1 heterocycles. The van der Waals surface area contributed by atoms with E-state index in [0.717, 1.165) is 0 Å². The average Bonchev–Trinajstić information content (AvgIpc) is 2.92. The molecule has 0 bridgehead atoms. The summed E-state index contributed by atoms with van der Waals surface area (Å²) in [6.07, 6.45) is 0.753. The molecule has 0 spiro atoms. The minimum atomic E-state index is -0.640. The lowest BCUT2D eigenvalue weighted by atomic mass is 10.2. The Kier molecular flexibility index (Phi) is 4.57. The first-order valence-corrected chi connectivity index (χ1v) is 6.52. The van der Waals surface area contributed by atoms with Crippen molar-refractivity contribution in [3.05, 3.63) is 41.4 Å². The fraction of sp³-hybridized carbons (Fsp3) is 0.308. The van der Waals surface area contributed by atoms with Gasteiger partial charge in [-0.15, -0.1) is 0 Å². The molecule has 0 aliphatic heterocycles. The largest absolute Gasteiger partial charge is 0.481 e. The van der Waals surface area contributed by atoms with E-state index in [-0.39, 0.29) is 11.9 Å². The standard InChI is InChI=1S/C13H15ClN4O2/c1-8(12-15-7-16-18-12)17-13(19)9(2)20-11-5-3-4-10(14)6-11/h3-9H,1-2H3,(H,17,19)(H,15,16,18). The van der Waals surface area contributed by atoms with E-state index in [2.05, 4.69) is 20.5 Å². The maximum atomic E-state index is 12.0. The summed E-state index contributed by atoms with van der Waals surface area (Å²) in [5.74, 6) is 0.898. The molecule has 0 saturated heterocycles. The molecule has 0 fully saturated rings. The zero-order chi connectivity index (χ0) is 14.5. The van der Waals surface area contributed by atoms with Crippen LogP contribution < -0.4 is 10.1 Å². The van der Waals surface area contributed by atoms with Crippen LogP contribution in [0.4, 0.5) is 0 Å². The molecule has 2 aromatic rings. The van der Waals surface area contributed by atoms with E-state index in [1.165, 1.54) is 6.33 Å². The van der Waals surface area contributed by atoms with Crippen molar-refractivity contribution >= 4 is 17.5 Å². The number of hydrogen-bond donors (Lipinski definition) is 2. The van der Waals surface area contributed by atoms with Crippen LogP contribution in [0.1, 0.15) is 25.7 Å². The van der Waals surface area contributed by atoms with Crippen molar-refractivity contribution in [3.63, 3.8) is 0 Å². The lowest BCUT2D eigenvalue weighted by Crippen LogP contribution is -2.38. The SMILES string of the molecule is CC(Oc1cccc(Cl)c1)C(=O)NC(C)c1ncn[nH]1. The third-order valence-corrected chi connectivity index (χ3v) is 2.92. The smallest absolute Gasteiger partial charge is 0.261 e. The molecule has 0 saturated carbocycles. The van der Waals surface area contributed by atoms with Gasteiger partial charge in [-0.05, 0) is 32.0 Å². The van der Waals surface area contributed by atoms with Crippen LogP contribution in [0, 0.1) is 0 Å². The van der Waals surface area contributed by atoms with Gasteiger partial charge in [0.15, 0.2) is 6.10 Å². The molecule has 2 N–H and O–H groups in total. The van der Waals surface area contributed by atoms with Gasteiger partial charge in [-0.2, -0.15) is 5.10 Å². The number of nitrogens with zero attached hydrogens (tertiary/aromatic N) is 2. The van der Waals surface area contributed by atoms with Gasteiger partial charge in [0, 0.05) is 5.02 Å². The van der Waals surface area contributed by atoms with Crippen LogP contribution in [0.3, 0.4) is 0 Å². The summed E-state index contributed by atoms with van der Waals surface area (Å²) in [5.41, 5.74) is 0. The summed E-state index contributed by atoms with van der Waals surface area (Å²) in [4.78, 5) is 16.0. The zero-order valence-electron chi connectivity index (χ0n) is 11.1. The molecular formula is C13H15ClN4O2. The first-order chi connectivity index (χ1) is 9.56. The summed E-state index contributed by atoms with van der Waals surface area (Å²) in [6, 6.07) is 6.64. The molecule has 7 heteroatoms. The molecule has 2 unspecified atom stereocenters. The van der Waals surface area contributed by atoms with Crippen molar-refractivity contribution in [1.82, 2.24) is 20.5 Å². The van der Waals surface area contributed by atoms with Crippen molar-refractivity contribution in [2.24, 2.45) is 0 Å². The summed E-state index contributed by atoms with van der Waals surface area (Å²) >= 11 is 5.86. The third-order valence-electron chi connectivity index (χ3n) is 2.68. The van der Waals surface area contributed by atoms with E-state index in [1.807, 2.05) is 6.92 Å². The number of rotatable bonds is 5. The molecule has 0 radical (unpaired) electrons. The van der Waals surface area contributed by atoms with Crippen LogP contribution in [0.2, 0.25) is 5.02 Å². The van der Waals surface area contributed by atoms with Crippen LogP contribution >= 0.6 is 11.6 Å². The van der Waals surface area contributed by atoms with Crippen LogP contribution in [0.5, 0.6) is 5.75 Å². The highest BCUT2D eigenvalue weighted by Gasteiger charge is 2.18. The highest BCUT2D eigenvalue weighted by molar-refractivity contribution is 6.30.